The first kappa shape index (κ1) is 10.1. The lowest BCUT2D eigenvalue weighted by molar-refractivity contribution is -0.105. The molecule has 0 aliphatic heterocycles. The van der Waals surface area contributed by atoms with E-state index in [1.54, 1.807) is 12.1 Å². The number of benzene rings is 1. The normalized spacial score (nSPS) is 9.93. The lowest BCUT2D eigenvalue weighted by Crippen LogP contribution is -1.91. The molecule has 0 radical (unpaired) electrons. The standard InChI is InChI=1S/C9H6ClN3OS/c10-7-3-1-6(2-4-7)8-12-13-9(15-8)11-5-14/h1-5H,(H,11,13,14). The number of halogens is 1. The third kappa shape index (κ3) is 2.31. The zero-order valence-electron chi connectivity index (χ0n) is 7.48. The minimum Gasteiger partial charge on any atom is -0.303 e. The SMILES string of the molecule is O=CNc1nnc(-c2ccc(Cl)cc2)s1. The molecule has 1 N–H and O–H groups in total. The van der Waals surface area contributed by atoms with Crippen molar-refractivity contribution in [2.45, 2.75) is 0 Å². The van der Waals surface area contributed by atoms with Gasteiger partial charge in [0.1, 0.15) is 5.01 Å². The summed E-state index contributed by atoms with van der Waals surface area (Å²) in [6.07, 6.45) is 0.576. The Morgan fingerprint density at radius 1 is 1.27 bits per heavy atom. The van der Waals surface area contributed by atoms with Crippen LogP contribution in [0.3, 0.4) is 0 Å². The van der Waals surface area contributed by atoms with Gasteiger partial charge in [-0.3, -0.25) is 4.79 Å². The average molecular weight is 240 g/mol. The number of rotatable bonds is 3. The van der Waals surface area contributed by atoms with E-state index in [2.05, 4.69) is 15.5 Å². The van der Waals surface area contributed by atoms with Crippen LogP contribution in [0.2, 0.25) is 5.02 Å². The van der Waals surface area contributed by atoms with Crippen molar-refractivity contribution in [3.05, 3.63) is 29.3 Å². The average Bonchev–Trinajstić information content (AvgIpc) is 2.68. The molecule has 1 aromatic carbocycles. The second-order valence-electron chi connectivity index (χ2n) is 2.68. The van der Waals surface area contributed by atoms with E-state index in [1.807, 2.05) is 12.1 Å². The van der Waals surface area contributed by atoms with Crippen LogP contribution in [0.15, 0.2) is 24.3 Å². The van der Waals surface area contributed by atoms with Crippen LogP contribution in [0.25, 0.3) is 10.6 Å². The van der Waals surface area contributed by atoms with Crippen LogP contribution in [0.5, 0.6) is 0 Å². The highest BCUT2D eigenvalue weighted by Crippen LogP contribution is 2.26. The van der Waals surface area contributed by atoms with Gasteiger partial charge in [0.05, 0.1) is 0 Å². The van der Waals surface area contributed by atoms with Gasteiger partial charge in [-0.25, -0.2) is 0 Å². The van der Waals surface area contributed by atoms with E-state index < -0.39 is 0 Å². The fraction of sp³-hybridized carbons (Fsp3) is 0. The van der Waals surface area contributed by atoms with Gasteiger partial charge >= 0.3 is 0 Å². The molecule has 1 aromatic heterocycles. The fourth-order valence-corrected chi connectivity index (χ4v) is 1.87. The maximum atomic E-state index is 10.2. The number of anilines is 1. The second kappa shape index (κ2) is 4.37. The van der Waals surface area contributed by atoms with E-state index >= 15 is 0 Å². The number of carbonyl (C=O) groups is 1. The van der Waals surface area contributed by atoms with Gasteiger partial charge in [-0.05, 0) is 12.1 Å². The van der Waals surface area contributed by atoms with Crippen LogP contribution < -0.4 is 5.32 Å². The van der Waals surface area contributed by atoms with Crippen LogP contribution in [-0.4, -0.2) is 16.6 Å². The molecule has 0 spiro atoms. The first-order chi connectivity index (χ1) is 7.29. The number of nitrogens with zero attached hydrogens (tertiary/aromatic N) is 2. The first-order valence-corrected chi connectivity index (χ1v) is 5.28. The zero-order valence-corrected chi connectivity index (χ0v) is 9.05. The Hall–Kier alpha value is -1.46. The van der Waals surface area contributed by atoms with E-state index in [9.17, 15) is 4.79 Å². The Balaban J connectivity index is 2.28. The fourth-order valence-electron chi connectivity index (χ4n) is 1.04. The molecule has 2 rings (SSSR count). The molecule has 4 nitrogen and oxygen atoms in total. The Labute approximate surface area is 94.9 Å². The van der Waals surface area contributed by atoms with E-state index in [4.69, 9.17) is 11.6 Å². The van der Waals surface area contributed by atoms with Gasteiger partial charge < -0.3 is 5.32 Å². The molecule has 1 amide bonds. The Kier molecular flexibility index (Phi) is 2.94. The van der Waals surface area contributed by atoms with Gasteiger partial charge in [0.25, 0.3) is 0 Å². The summed E-state index contributed by atoms with van der Waals surface area (Å²) in [6, 6.07) is 7.28. The van der Waals surface area contributed by atoms with Crippen molar-refractivity contribution >= 4 is 34.5 Å². The molecule has 0 unspecified atom stereocenters. The molecule has 0 aliphatic carbocycles. The Morgan fingerprint density at radius 2 is 2.00 bits per heavy atom. The smallest absolute Gasteiger partial charge is 0.213 e. The number of nitrogens with one attached hydrogen (secondary N) is 1. The largest absolute Gasteiger partial charge is 0.303 e. The van der Waals surface area contributed by atoms with Crippen LogP contribution in [-0.2, 0) is 4.79 Å². The van der Waals surface area contributed by atoms with Crippen molar-refractivity contribution in [2.75, 3.05) is 5.32 Å². The van der Waals surface area contributed by atoms with Crippen molar-refractivity contribution in [1.82, 2.24) is 10.2 Å². The number of carbonyl (C=O) groups excluding carboxylic acids is 1. The minimum atomic E-state index is 0.481. The summed E-state index contributed by atoms with van der Waals surface area (Å²) in [4.78, 5) is 10.2. The highest BCUT2D eigenvalue weighted by molar-refractivity contribution is 7.18. The minimum absolute atomic E-state index is 0.481. The van der Waals surface area contributed by atoms with Crippen LogP contribution in [0.1, 0.15) is 0 Å². The van der Waals surface area contributed by atoms with Crippen molar-refractivity contribution in [3.63, 3.8) is 0 Å². The summed E-state index contributed by atoms with van der Waals surface area (Å²) in [5, 5.41) is 12.1. The van der Waals surface area contributed by atoms with Gasteiger partial charge in [0, 0.05) is 10.6 Å². The zero-order chi connectivity index (χ0) is 10.7. The summed E-state index contributed by atoms with van der Waals surface area (Å²) < 4.78 is 0. The molecule has 2 aromatic rings. The summed E-state index contributed by atoms with van der Waals surface area (Å²) in [6.45, 7) is 0. The molecule has 0 saturated heterocycles. The molecular weight excluding hydrogens is 234 g/mol. The third-order valence-electron chi connectivity index (χ3n) is 1.70. The van der Waals surface area contributed by atoms with E-state index in [-0.39, 0.29) is 0 Å². The molecule has 0 fully saturated rings. The monoisotopic (exact) mass is 239 g/mol. The number of amides is 1. The van der Waals surface area contributed by atoms with Crippen LogP contribution in [0.4, 0.5) is 5.13 Å². The van der Waals surface area contributed by atoms with Crippen molar-refractivity contribution in [2.24, 2.45) is 0 Å². The van der Waals surface area contributed by atoms with E-state index in [1.165, 1.54) is 11.3 Å². The van der Waals surface area contributed by atoms with Gasteiger partial charge in [0.15, 0.2) is 0 Å². The molecule has 0 aliphatic rings. The second-order valence-corrected chi connectivity index (χ2v) is 4.10. The number of hydrogen-bond donors (Lipinski definition) is 1. The van der Waals surface area contributed by atoms with Gasteiger partial charge in [-0.2, -0.15) is 0 Å². The molecule has 0 bridgehead atoms. The van der Waals surface area contributed by atoms with Gasteiger partial charge in [0.2, 0.25) is 11.5 Å². The van der Waals surface area contributed by atoms with Gasteiger partial charge in [-0.15, -0.1) is 10.2 Å². The van der Waals surface area contributed by atoms with Crippen molar-refractivity contribution in [3.8, 4) is 10.6 Å². The number of aromatic nitrogens is 2. The summed E-state index contributed by atoms with van der Waals surface area (Å²) in [5.41, 5.74) is 0.927. The molecule has 15 heavy (non-hydrogen) atoms. The third-order valence-corrected chi connectivity index (χ3v) is 2.85. The predicted octanol–water partition coefficient (Wildman–Crippen LogP) is 2.43. The highest BCUT2D eigenvalue weighted by Gasteiger charge is 2.05. The summed E-state index contributed by atoms with van der Waals surface area (Å²) >= 11 is 7.07. The van der Waals surface area contributed by atoms with Gasteiger partial charge in [-0.1, -0.05) is 35.1 Å². The molecule has 6 heteroatoms. The summed E-state index contributed by atoms with van der Waals surface area (Å²) in [5.74, 6) is 0. The Bertz CT molecular complexity index is 468. The Morgan fingerprint density at radius 3 is 2.67 bits per heavy atom. The number of hydrogen-bond acceptors (Lipinski definition) is 4. The van der Waals surface area contributed by atoms with Crippen molar-refractivity contribution < 1.29 is 4.79 Å². The van der Waals surface area contributed by atoms with E-state index in [0.29, 0.717) is 16.6 Å². The quantitative estimate of drug-likeness (QED) is 0.837. The lowest BCUT2D eigenvalue weighted by Gasteiger charge is -1.93. The van der Waals surface area contributed by atoms with Crippen molar-refractivity contribution in [1.29, 1.82) is 0 Å². The molecule has 1 heterocycles. The molecular formula is C9H6ClN3OS. The topological polar surface area (TPSA) is 54.9 Å². The molecule has 0 atom stereocenters. The lowest BCUT2D eigenvalue weighted by atomic mass is 10.2. The first-order valence-electron chi connectivity index (χ1n) is 4.09. The van der Waals surface area contributed by atoms with Crippen LogP contribution >= 0.6 is 22.9 Å². The van der Waals surface area contributed by atoms with E-state index in [0.717, 1.165) is 10.6 Å². The predicted molar refractivity (Wildman–Crippen MR) is 60.0 cm³/mol. The maximum absolute atomic E-state index is 10.2. The molecule has 0 saturated carbocycles. The highest BCUT2D eigenvalue weighted by atomic mass is 35.5. The maximum Gasteiger partial charge on any atom is 0.213 e. The summed E-state index contributed by atoms with van der Waals surface area (Å²) in [7, 11) is 0. The molecule has 76 valence electrons. The van der Waals surface area contributed by atoms with Crippen LogP contribution in [0, 0.1) is 0 Å².